The van der Waals surface area contributed by atoms with Crippen LogP contribution in [0.15, 0.2) is 23.9 Å². The third kappa shape index (κ3) is 5.43. The summed E-state index contributed by atoms with van der Waals surface area (Å²) in [6.45, 7) is 1.46. The van der Waals surface area contributed by atoms with Gasteiger partial charge < -0.3 is 14.2 Å². The lowest BCUT2D eigenvalue weighted by Gasteiger charge is -2.08. The minimum Gasteiger partial charge on any atom is -0.493 e. The zero-order valence-electron chi connectivity index (χ0n) is 12.8. The summed E-state index contributed by atoms with van der Waals surface area (Å²) in [6, 6.07) is 5.05. The maximum absolute atomic E-state index is 11.1. The molecule has 120 valence electrons. The number of esters is 1. The number of hydrogen-bond acceptors (Lipinski definition) is 6. The molecule has 7 nitrogen and oxygen atoms in total. The van der Waals surface area contributed by atoms with Crippen LogP contribution in [0.25, 0.3) is 6.08 Å². The van der Waals surface area contributed by atoms with Crippen LogP contribution in [0.2, 0.25) is 0 Å². The summed E-state index contributed by atoms with van der Waals surface area (Å²) in [5.74, 6) is 0.655. The third-order valence-electron chi connectivity index (χ3n) is 2.86. The van der Waals surface area contributed by atoms with Crippen molar-refractivity contribution in [2.75, 3.05) is 20.8 Å². The first-order chi connectivity index (χ1) is 10.5. The van der Waals surface area contributed by atoms with Gasteiger partial charge in [0.15, 0.2) is 11.5 Å². The quantitative estimate of drug-likeness (QED) is 0.317. The molecule has 1 aromatic rings. The molecule has 0 bridgehead atoms. The molecule has 0 aliphatic rings. The van der Waals surface area contributed by atoms with Crippen LogP contribution in [0.3, 0.4) is 0 Å². The first-order valence-electron chi connectivity index (χ1n) is 6.68. The van der Waals surface area contributed by atoms with Crippen molar-refractivity contribution in [1.29, 1.82) is 0 Å². The molecule has 0 N–H and O–H groups in total. The highest BCUT2D eigenvalue weighted by Crippen LogP contribution is 2.28. The van der Waals surface area contributed by atoms with Crippen molar-refractivity contribution in [1.82, 2.24) is 0 Å². The molecule has 0 heterocycles. The van der Waals surface area contributed by atoms with Crippen LogP contribution in [0.1, 0.15) is 25.3 Å². The summed E-state index contributed by atoms with van der Waals surface area (Å²) in [4.78, 5) is 21.3. The lowest BCUT2D eigenvalue weighted by molar-refractivity contribution is -0.426. The number of methoxy groups -OCH3 is 2. The van der Waals surface area contributed by atoms with Crippen LogP contribution in [-0.2, 0) is 9.53 Å². The number of nitro groups is 1. The maximum atomic E-state index is 11.1. The van der Waals surface area contributed by atoms with Gasteiger partial charge in [0, 0.05) is 19.4 Å². The summed E-state index contributed by atoms with van der Waals surface area (Å²) in [5.41, 5.74) is 0.677. The molecule has 1 rings (SSSR count). The molecule has 7 heteroatoms. The number of benzene rings is 1. The molecule has 22 heavy (non-hydrogen) atoms. The predicted molar refractivity (Wildman–Crippen MR) is 80.4 cm³/mol. The van der Waals surface area contributed by atoms with E-state index in [1.807, 2.05) is 0 Å². The SMILES string of the molecule is COc1ccc(C=C(CCCOC(C)=O)[N+](=O)[O-])cc1OC. The van der Waals surface area contributed by atoms with E-state index in [0.717, 1.165) is 0 Å². The fourth-order valence-corrected chi connectivity index (χ4v) is 1.82. The van der Waals surface area contributed by atoms with Gasteiger partial charge >= 0.3 is 5.97 Å². The maximum Gasteiger partial charge on any atom is 0.302 e. The predicted octanol–water partition coefficient (Wildman–Crippen LogP) is 2.66. The Labute approximate surface area is 128 Å². The Morgan fingerprint density at radius 3 is 2.50 bits per heavy atom. The Hall–Kier alpha value is -2.57. The van der Waals surface area contributed by atoms with Gasteiger partial charge in [0.05, 0.1) is 25.7 Å². The first kappa shape index (κ1) is 17.5. The van der Waals surface area contributed by atoms with E-state index in [1.165, 1.54) is 27.2 Å². The van der Waals surface area contributed by atoms with Gasteiger partial charge in [-0.25, -0.2) is 0 Å². The number of ether oxygens (including phenoxy) is 3. The van der Waals surface area contributed by atoms with E-state index < -0.39 is 10.9 Å². The number of allylic oxidation sites excluding steroid dienone is 1. The lowest BCUT2D eigenvalue weighted by atomic mass is 10.1. The van der Waals surface area contributed by atoms with Gasteiger partial charge in [0.25, 0.3) is 0 Å². The van der Waals surface area contributed by atoms with Crippen LogP contribution in [0.5, 0.6) is 11.5 Å². The van der Waals surface area contributed by atoms with Gasteiger partial charge in [-0.15, -0.1) is 0 Å². The normalized spacial score (nSPS) is 11.0. The highest BCUT2D eigenvalue weighted by Gasteiger charge is 2.12. The summed E-state index contributed by atoms with van der Waals surface area (Å²) in [7, 11) is 3.02. The zero-order chi connectivity index (χ0) is 16.5. The lowest BCUT2D eigenvalue weighted by Crippen LogP contribution is -2.04. The molecular weight excluding hydrogens is 290 g/mol. The second kappa shape index (κ2) is 8.66. The van der Waals surface area contributed by atoms with Crippen molar-refractivity contribution in [3.63, 3.8) is 0 Å². The first-order valence-corrected chi connectivity index (χ1v) is 6.68. The van der Waals surface area contributed by atoms with E-state index in [9.17, 15) is 14.9 Å². The molecule has 0 spiro atoms. The van der Waals surface area contributed by atoms with Gasteiger partial charge in [-0.2, -0.15) is 0 Å². The monoisotopic (exact) mass is 309 g/mol. The molecule has 0 atom stereocenters. The Balaban J connectivity index is 2.84. The molecule has 0 radical (unpaired) electrons. The van der Waals surface area contributed by atoms with Gasteiger partial charge in [-0.05, 0) is 24.1 Å². The molecule has 0 aliphatic heterocycles. The average Bonchev–Trinajstić information content (AvgIpc) is 2.49. The molecule has 0 fully saturated rings. The van der Waals surface area contributed by atoms with Crippen LogP contribution in [0.4, 0.5) is 0 Å². The van der Waals surface area contributed by atoms with E-state index in [2.05, 4.69) is 0 Å². The second-order valence-electron chi connectivity index (χ2n) is 4.45. The highest BCUT2D eigenvalue weighted by molar-refractivity contribution is 5.65. The molecule has 0 saturated carbocycles. The van der Waals surface area contributed by atoms with Crippen LogP contribution >= 0.6 is 0 Å². The minimum absolute atomic E-state index is 0.0411. The Bertz CT molecular complexity index is 567. The Morgan fingerprint density at radius 1 is 1.27 bits per heavy atom. The number of carbonyl (C=O) groups is 1. The standard InChI is InChI=1S/C15H19NO6/c1-11(17)22-8-4-5-13(16(18)19)9-12-6-7-14(20-2)15(10-12)21-3/h6-7,9-10H,4-5,8H2,1-3H3. The van der Waals surface area contributed by atoms with E-state index in [1.54, 1.807) is 18.2 Å². The van der Waals surface area contributed by atoms with Crippen LogP contribution in [-0.4, -0.2) is 31.7 Å². The number of carbonyl (C=O) groups excluding carboxylic acids is 1. The van der Waals surface area contributed by atoms with Gasteiger partial charge in [-0.3, -0.25) is 14.9 Å². The van der Waals surface area contributed by atoms with Crippen molar-refractivity contribution in [3.05, 3.63) is 39.6 Å². The highest BCUT2D eigenvalue weighted by atomic mass is 16.6. The summed E-state index contributed by atoms with van der Waals surface area (Å²) >= 11 is 0. The fourth-order valence-electron chi connectivity index (χ4n) is 1.82. The molecular formula is C15H19NO6. The second-order valence-corrected chi connectivity index (χ2v) is 4.45. The third-order valence-corrected chi connectivity index (χ3v) is 2.86. The van der Waals surface area contributed by atoms with E-state index in [-0.39, 0.29) is 18.7 Å². The van der Waals surface area contributed by atoms with Gasteiger partial charge in [0.2, 0.25) is 5.70 Å². The summed E-state index contributed by atoms with van der Waals surface area (Å²) < 4.78 is 15.0. The van der Waals surface area contributed by atoms with Gasteiger partial charge in [0.1, 0.15) is 0 Å². The summed E-state index contributed by atoms with van der Waals surface area (Å²) in [6.07, 6.45) is 2.06. The van der Waals surface area contributed by atoms with E-state index >= 15 is 0 Å². The smallest absolute Gasteiger partial charge is 0.302 e. The summed E-state index contributed by atoms with van der Waals surface area (Å²) in [5, 5.41) is 11.1. The van der Waals surface area contributed by atoms with Crippen molar-refractivity contribution >= 4 is 12.0 Å². The van der Waals surface area contributed by atoms with Crippen molar-refractivity contribution < 1.29 is 23.9 Å². The zero-order valence-corrected chi connectivity index (χ0v) is 12.8. The molecule has 0 amide bonds. The Morgan fingerprint density at radius 2 is 1.95 bits per heavy atom. The minimum atomic E-state index is -0.440. The molecule has 0 aliphatic carbocycles. The molecule has 0 unspecified atom stereocenters. The van der Waals surface area contributed by atoms with Crippen LogP contribution < -0.4 is 9.47 Å². The van der Waals surface area contributed by atoms with Crippen molar-refractivity contribution in [3.8, 4) is 11.5 Å². The largest absolute Gasteiger partial charge is 0.493 e. The molecule has 1 aromatic carbocycles. The van der Waals surface area contributed by atoms with E-state index in [0.29, 0.717) is 23.5 Å². The van der Waals surface area contributed by atoms with Crippen LogP contribution in [0, 0.1) is 10.1 Å². The van der Waals surface area contributed by atoms with Crippen molar-refractivity contribution in [2.45, 2.75) is 19.8 Å². The average molecular weight is 309 g/mol. The van der Waals surface area contributed by atoms with Crippen molar-refractivity contribution in [2.24, 2.45) is 0 Å². The van der Waals surface area contributed by atoms with E-state index in [4.69, 9.17) is 14.2 Å². The number of hydrogen-bond donors (Lipinski definition) is 0. The number of rotatable bonds is 8. The van der Waals surface area contributed by atoms with Gasteiger partial charge in [-0.1, -0.05) is 6.07 Å². The number of nitrogens with zero attached hydrogens (tertiary/aromatic N) is 1. The fraction of sp³-hybridized carbons (Fsp3) is 0.400. The molecule has 0 aromatic heterocycles. The molecule has 0 saturated heterocycles. The topological polar surface area (TPSA) is 87.9 Å². The Kier molecular flexibility index (Phi) is 6.88.